The molecular formula is C7H8N2O3. The van der Waals surface area contributed by atoms with E-state index in [0.29, 0.717) is 5.69 Å². The number of carbonyl (C=O) groups is 2. The molecule has 1 aromatic heterocycles. The molecule has 0 saturated carbocycles. The van der Waals surface area contributed by atoms with Crippen LogP contribution in [0.4, 0.5) is 0 Å². The number of H-pyrrole nitrogens is 1. The first-order chi connectivity index (χ1) is 5.54. The van der Waals surface area contributed by atoms with Gasteiger partial charge in [-0.15, -0.1) is 0 Å². The third-order valence-corrected chi connectivity index (χ3v) is 1.49. The Morgan fingerprint density at radius 1 is 1.50 bits per heavy atom. The molecule has 0 aromatic carbocycles. The number of ketones is 1. The summed E-state index contributed by atoms with van der Waals surface area (Å²) in [6.07, 6.45) is 0. The summed E-state index contributed by atoms with van der Waals surface area (Å²) in [5.74, 6) is -1.48. The minimum Gasteiger partial charge on any atom is -0.478 e. The fourth-order valence-corrected chi connectivity index (χ4v) is 0.946. The lowest BCUT2D eigenvalue weighted by atomic mass is 10.1. The summed E-state index contributed by atoms with van der Waals surface area (Å²) < 4.78 is 0. The lowest BCUT2D eigenvalue weighted by molar-refractivity contribution is 0.0691. The number of nitrogens with one attached hydrogen (secondary N) is 1. The monoisotopic (exact) mass is 168 g/mol. The van der Waals surface area contributed by atoms with Crippen molar-refractivity contribution in [1.29, 1.82) is 0 Å². The minimum atomic E-state index is -1.13. The highest BCUT2D eigenvalue weighted by molar-refractivity contribution is 6.03. The molecule has 0 bridgehead atoms. The van der Waals surface area contributed by atoms with Gasteiger partial charge in [-0.3, -0.25) is 9.89 Å². The van der Waals surface area contributed by atoms with Crippen molar-refractivity contribution in [2.45, 2.75) is 13.8 Å². The van der Waals surface area contributed by atoms with Gasteiger partial charge >= 0.3 is 5.97 Å². The number of rotatable bonds is 2. The van der Waals surface area contributed by atoms with Crippen molar-refractivity contribution in [3.8, 4) is 0 Å². The standard InChI is InChI=1S/C7H8N2O3/c1-3-5(7(11)12)6(4(2)10)9-8-3/h1-2H3,(H,8,9)(H,11,12). The van der Waals surface area contributed by atoms with Gasteiger partial charge in [0.05, 0.1) is 0 Å². The molecule has 0 spiro atoms. The molecule has 0 unspecified atom stereocenters. The lowest BCUT2D eigenvalue weighted by Gasteiger charge is -1.92. The third-order valence-electron chi connectivity index (χ3n) is 1.49. The molecule has 0 saturated heterocycles. The molecule has 5 heteroatoms. The second-order valence-electron chi connectivity index (χ2n) is 2.43. The number of aromatic carboxylic acids is 1. The van der Waals surface area contributed by atoms with Crippen molar-refractivity contribution in [3.63, 3.8) is 0 Å². The number of Topliss-reactive ketones (excluding diaryl/α,β-unsaturated/α-hetero) is 1. The van der Waals surface area contributed by atoms with Crippen LogP contribution in [0.3, 0.4) is 0 Å². The van der Waals surface area contributed by atoms with Crippen LogP contribution in [0.2, 0.25) is 0 Å². The summed E-state index contributed by atoms with van der Waals surface area (Å²) in [5, 5.41) is 14.7. The summed E-state index contributed by atoms with van der Waals surface area (Å²) >= 11 is 0. The normalized spacial score (nSPS) is 9.83. The SMILES string of the molecule is CC(=O)c1n[nH]c(C)c1C(=O)O. The Kier molecular flexibility index (Phi) is 1.95. The maximum absolute atomic E-state index is 10.8. The summed E-state index contributed by atoms with van der Waals surface area (Å²) in [6.45, 7) is 2.84. The molecule has 0 aliphatic carbocycles. The Balaban J connectivity index is 3.31. The number of hydrogen-bond acceptors (Lipinski definition) is 3. The number of carbonyl (C=O) groups excluding carboxylic acids is 1. The van der Waals surface area contributed by atoms with E-state index in [1.807, 2.05) is 0 Å². The summed E-state index contributed by atoms with van der Waals surface area (Å²) in [5.41, 5.74) is 0.343. The highest BCUT2D eigenvalue weighted by Gasteiger charge is 2.19. The van der Waals surface area contributed by atoms with Crippen LogP contribution >= 0.6 is 0 Å². The van der Waals surface area contributed by atoms with E-state index < -0.39 is 5.97 Å². The minimum absolute atomic E-state index is 0.0139. The summed E-state index contributed by atoms with van der Waals surface area (Å²) in [6, 6.07) is 0. The van der Waals surface area contributed by atoms with E-state index in [4.69, 9.17) is 5.11 Å². The van der Waals surface area contributed by atoms with E-state index in [1.165, 1.54) is 6.92 Å². The fourth-order valence-electron chi connectivity index (χ4n) is 0.946. The van der Waals surface area contributed by atoms with E-state index in [2.05, 4.69) is 10.2 Å². The average molecular weight is 168 g/mol. The van der Waals surface area contributed by atoms with E-state index in [0.717, 1.165) is 0 Å². The highest BCUT2D eigenvalue weighted by Crippen LogP contribution is 2.10. The van der Waals surface area contributed by atoms with Gasteiger partial charge in [-0.25, -0.2) is 4.79 Å². The van der Waals surface area contributed by atoms with Gasteiger partial charge in [0.25, 0.3) is 0 Å². The van der Waals surface area contributed by atoms with Crippen molar-refractivity contribution in [3.05, 3.63) is 17.0 Å². The fraction of sp³-hybridized carbons (Fsp3) is 0.286. The number of nitrogens with zero attached hydrogens (tertiary/aromatic N) is 1. The molecule has 0 fully saturated rings. The van der Waals surface area contributed by atoms with Crippen molar-refractivity contribution in [2.24, 2.45) is 0 Å². The molecule has 12 heavy (non-hydrogen) atoms. The molecular weight excluding hydrogens is 160 g/mol. The van der Waals surface area contributed by atoms with Gasteiger partial charge in [0.2, 0.25) is 0 Å². The summed E-state index contributed by atoms with van der Waals surface area (Å²) in [4.78, 5) is 21.4. The van der Waals surface area contributed by atoms with E-state index in [9.17, 15) is 9.59 Å². The first-order valence-corrected chi connectivity index (χ1v) is 3.33. The van der Waals surface area contributed by atoms with Crippen LogP contribution in [0.15, 0.2) is 0 Å². The van der Waals surface area contributed by atoms with E-state index in [1.54, 1.807) is 6.92 Å². The van der Waals surface area contributed by atoms with Crippen LogP contribution in [-0.2, 0) is 0 Å². The van der Waals surface area contributed by atoms with Crippen LogP contribution < -0.4 is 0 Å². The number of carboxylic acids is 1. The Hall–Kier alpha value is -1.65. The van der Waals surface area contributed by atoms with Crippen LogP contribution in [0.1, 0.15) is 33.5 Å². The van der Waals surface area contributed by atoms with Crippen LogP contribution in [0, 0.1) is 6.92 Å². The maximum atomic E-state index is 10.8. The van der Waals surface area contributed by atoms with Crippen LogP contribution in [0.25, 0.3) is 0 Å². The highest BCUT2D eigenvalue weighted by atomic mass is 16.4. The van der Waals surface area contributed by atoms with Gasteiger partial charge in [0.1, 0.15) is 11.3 Å². The second-order valence-corrected chi connectivity index (χ2v) is 2.43. The number of aromatic nitrogens is 2. The molecule has 0 aliphatic rings. The molecule has 64 valence electrons. The number of hydrogen-bond donors (Lipinski definition) is 2. The second kappa shape index (κ2) is 2.77. The molecule has 0 atom stereocenters. The van der Waals surface area contributed by atoms with Crippen molar-refractivity contribution in [1.82, 2.24) is 10.2 Å². The predicted molar refractivity (Wildman–Crippen MR) is 40.3 cm³/mol. The smallest absolute Gasteiger partial charge is 0.339 e. The van der Waals surface area contributed by atoms with Gasteiger partial charge in [0, 0.05) is 12.6 Å². The van der Waals surface area contributed by atoms with Crippen molar-refractivity contribution < 1.29 is 14.7 Å². The first-order valence-electron chi connectivity index (χ1n) is 3.33. The first kappa shape index (κ1) is 8.45. The molecule has 1 aromatic rings. The average Bonchev–Trinajstić information content (AvgIpc) is 2.30. The molecule has 0 radical (unpaired) electrons. The van der Waals surface area contributed by atoms with Gasteiger partial charge in [0.15, 0.2) is 5.78 Å². The quantitative estimate of drug-likeness (QED) is 0.634. The maximum Gasteiger partial charge on any atom is 0.339 e. The van der Waals surface area contributed by atoms with Crippen molar-refractivity contribution in [2.75, 3.05) is 0 Å². The molecule has 0 amide bonds. The van der Waals surface area contributed by atoms with Crippen LogP contribution in [0.5, 0.6) is 0 Å². The summed E-state index contributed by atoms with van der Waals surface area (Å²) in [7, 11) is 0. The zero-order chi connectivity index (χ0) is 9.30. The Morgan fingerprint density at radius 3 is 2.42 bits per heavy atom. The molecule has 0 aliphatic heterocycles. The van der Waals surface area contributed by atoms with E-state index in [-0.39, 0.29) is 17.0 Å². The Labute approximate surface area is 68.4 Å². The number of aryl methyl sites for hydroxylation is 1. The van der Waals surface area contributed by atoms with Gasteiger partial charge in [-0.05, 0) is 6.92 Å². The topological polar surface area (TPSA) is 83.0 Å². The molecule has 1 heterocycles. The van der Waals surface area contributed by atoms with Gasteiger partial charge in [-0.1, -0.05) is 0 Å². The van der Waals surface area contributed by atoms with Gasteiger partial charge in [-0.2, -0.15) is 5.10 Å². The largest absolute Gasteiger partial charge is 0.478 e. The zero-order valence-electron chi connectivity index (χ0n) is 6.71. The van der Waals surface area contributed by atoms with Crippen molar-refractivity contribution >= 4 is 11.8 Å². The number of carboxylic acid groups (broad SMARTS) is 1. The lowest BCUT2D eigenvalue weighted by Crippen LogP contribution is -2.05. The third kappa shape index (κ3) is 1.20. The number of aromatic amines is 1. The predicted octanol–water partition coefficient (Wildman–Crippen LogP) is 0.619. The van der Waals surface area contributed by atoms with Crippen LogP contribution in [-0.4, -0.2) is 27.1 Å². The van der Waals surface area contributed by atoms with Gasteiger partial charge < -0.3 is 5.11 Å². The molecule has 2 N–H and O–H groups in total. The Morgan fingerprint density at radius 2 is 2.08 bits per heavy atom. The Bertz CT molecular complexity index is 340. The molecule has 1 rings (SSSR count). The zero-order valence-corrected chi connectivity index (χ0v) is 6.71. The molecule has 5 nitrogen and oxygen atoms in total. The van der Waals surface area contributed by atoms with E-state index >= 15 is 0 Å².